The molecule has 1 aliphatic rings. The van der Waals surface area contributed by atoms with Crippen molar-refractivity contribution in [2.75, 3.05) is 18.4 Å². The average Bonchev–Trinajstić information content (AvgIpc) is 2.81. The minimum atomic E-state index is -4.61. The Morgan fingerprint density at radius 1 is 0.970 bits per heavy atom. The van der Waals surface area contributed by atoms with Gasteiger partial charge < -0.3 is 5.32 Å². The van der Waals surface area contributed by atoms with E-state index in [-0.39, 0.29) is 5.69 Å². The summed E-state index contributed by atoms with van der Waals surface area (Å²) in [7, 11) is 0. The first-order valence-corrected chi connectivity index (χ1v) is 10.9. The zero-order valence-corrected chi connectivity index (χ0v) is 18.4. The smallest absolute Gasteiger partial charge is 0.324 e. The van der Waals surface area contributed by atoms with Gasteiger partial charge in [-0.2, -0.15) is 13.2 Å². The third-order valence-electron chi connectivity index (χ3n) is 5.65. The lowest BCUT2D eigenvalue weighted by atomic mass is 9.96. The predicted molar refractivity (Wildman–Crippen MR) is 125 cm³/mol. The molecule has 1 heterocycles. The van der Waals surface area contributed by atoms with Gasteiger partial charge in [0.1, 0.15) is 6.04 Å². The van der Waals surface area contributed by atoms with Crippen LogP contribution in [0.5, 0.6) is 0 Å². The molecule has 0 aliphatic carbocycles. The van der Waals surface area contributed by atoms with E-state index < -0.39 is 28.7 Å². The van der Waals surface area contributed by atoms with Gasteiger partial charge >= 0.3 is 6.18 Å². The number of nitrogens with zero attached hydrogens (tertiary/aromatic N) is 1. The van der Waals surface area contributed by atoms with Crippen molar-refractivity contribution in [1.29, 1.82) is 0 Å². The first kappa shape index (κ1) is 23.1. The number of nitrogens with one attached hydrogen (secondary N) is 1. The van der Waals surface area contributed by atoms with E-state index in [1.165, 1.54) is 11.6 Å². The minimum absolute atomic E-state index is 0.0511. The molecular weight excluding hydrogens is 449 g/mol. The highest BCUT2D eigenvalue weighted by molar-refractivity contribution is 6.31. The number of halogens is 4. The highest BCUT2D eigenvalue weighted by atomic mass is 35.5. The molecule has 0 unspecified atom stereocenters. The molecule has 0 saturated heterocycles. The maximum absolute atomic E-state index is 13.3. The Hall–Kier alpha value is -3.09. The fourth-order valence-electron chi connectivity index (χ4n) is 4.03. The summed E-state index contributed by atoms with van der Waals surface area (Å²) in [4.78, 5) is 15.3. The zero-order chi connectivity index (χ0) is 23.4. The zero-order valence-electron chi connectivity index (χ0n) is 17.6. The van der Waals surface area contributed by atoms with Crippen molar-refractivity contribution in [3.8, 4) is 0 Å². The first-order valence-electron chi connectivity index (χ1n) is 10.5. The van der Waals surface area contributed by atoms with Gasteiger partial charge in [-0.25, -0.2) is 0 Å². The third-order valence-corrected chi connectivity index (χ3v) is 5.98. The molecule has 170 valence electrons. The van der Waals surface area contributed by atoms with Gasteiger partial charge in [-0.1, -0.05) is 78.3 Å². The van der Waals surface area contributed by atoms with Gasteiger partial charge in [0.05, 0.1) is 10.6 Å². The molecule has 0 spiro atoms. The van der Waals surface area contributed by atoms with Crippen LogP contribution in [0.1, 0.15) is 29.2 Å². The Kier molecular flexibility index (Phi) is 6.86. The number of hydrogen-bond acceptors (Lipinski definition) is 2. The highest BCUT2D eigenvalue weighted by Gasteiger charge is 2.34. The van der Waals surface area contributed by atoms with E-state index in [0.717, 1.165) is 29.7 Å². The number of hydrogen-bond donors (Lipinski definition) is 1. The average molecular weight is 471 g/mol. The fraction of sp³-hybridized carbons (Fsp3) is 0.192. The number of carbonyl (C=O) groups is 1. The van der Waals surface area contributed by atoms with Gasteiger partial charge in [-0.05, 0) is 41.3 Å². The van der Waals surface area contributed by atoms with Crippen molar-refractivity contribution in [3.63, 3.8) is 0 Å². The van der Waals surface area contributed by atoms with Gasteiger partial charge in [0.25, 0.3) is 0 Å². The summed E-state index contributed by atoms with van der Waals surface area (Å²) in [5.74, 6) is -0.395. The second-order valence-electron chi connectivity index (χ2n) is 7.84. The number of alkyl halides is 3. The van der Waals surface area contributed by atoms with Crippen LogP contribution >= 0.6 is 11.6 Å². The Morgan fingerprint density at radius 3 is 2.24 bits per heavy atom. The van der Waals surface area contributed by atoms with Gasteiger partial charge in [0.15, 0.2) is 0 Å². The van der Waals surface area contributed by atoms with E-state index in [2.05, 4.69) is 23.5 Å². The van der Waals surface area contributed by atoms with E-state index >= 15 is 0 Å². The molecule has 3 aromatic carbocycles. The SMILES string of the molecule is O=C(Nc1ccc(Cl)c(C(F)(F)F)c1)[C@@H](c1ccccc1)N1CC=C(c2ccccc2)CC1. The molecule has 3 aromatic rings. The highest BCUT2D eigenvalue weighted by Crippen LogP contribution is 2.36. The molecule has 0 fully saturated rings. The quantitative estimate of drug-likeness (QED) is 0.443. The van der Waals surface area contributed by atoms with E-state index in [1.807, 2.05) is 53.4 Å². The molecule has 0 radical (unpaired) electrons. The molecule has 33 heavy (non-hydrogen) atoms. The number of rotatable bonds is 5. The summed E-state index contributed by atoms with van der Waals surface area (Å²) in [5, 5.41) is 2.25. The van der Waals surface area contributed by atoms with Gasteiger partial charge in [0.2, 0.25) is 5.91 Å². The van der Waals surface area contributed by atoms with Crippen LogP contribution < -0.4 is 5.32 Å². The first-order chi connectivity index (χ1) is 15.8. The lowest BCUT2D eigenvalue weighted by Gasteiger charge is -2.33. The monoisotopic (exact) mass is 470 g/mol. The van der Waals surface area contributed by atoms with Crippen molar-refractivity contribution in [3.05, 3.63) is 107 Å². The van der Waals surface area contributed by atoms with Crippen LogP contribution in [0.4, 0.5) is 18.9 Å². The summed E-state index contributed by atoms with van der Waals surface area (Å²) in [6.45, 7) is 1.19. The summed E-state index contributed by atoms with van der Waals surface area (Å²) in [6.07, 6.45) is -1.74. The van der Waals surface area contributed by atoms with Gasteiger partial charge in [0, 0.05) is 18.8 Å². The Labute approximate surface area is 195 Å². The van der Waals surface area contributed by atoms with Crippen molar-refractivity contribution in [1.82, 2.24) is 4.90 Å². The minimum Gasteiger partial charge on any atom is -0.324 e. The van der Waals surface area contributed by atoms with Crippen LogP contribution in [-0.4, -0.2) is 23.9 Å². The molecule has 0 saturated carbocycles. The molecule has 7 heteroatoms. The van der Waals surface area contributed by atoms with E-state index in [4.69, 9.17) is 11.6 Å². The van der Waals surface area contributed by atoms with Crippen molar-refractivity contribution < 1.29 is 18.0 Å². The van der Waals surface area contributed by atoms with Crippen LogP contribution in [0, 0.1) is 0 Å². The maximum Gasteiger partial charge on any atom is 0.417 e. The third kappa shape index (κ3) is 5.46. The largest absolute Gasteiger partial charge is 0.417 e. The second kappa shape index (κ2) is 9.81. The number of carbonyl (C=O) groups excluding carboxylic acids is 1. The van der Waals surface area contributed by atoms with E-state index in [1.54, 1.807) is 0 Å². The molecule has 1 amide bonds. The number of amides is 1. The van der Waals surface area contributed by atoms with Crippen LogP contribution in [0.15, 0.2) is 84.9 Å². The van der Waals surface area contributed by atoms with Crippen LogP contribution in [0.25, 0.3) is 5.57 Å². The maximum atomic E-state index is 13.3. The summed E-state index contributed by atoms with van der Waals surface area (Å²) in [6, 6.07) is 22.0. The Morgan fingerprint density at radius 2 is 1.64 bits per heavy atom. The summed E-state index contributed by atoms with van der Waals surface area (Å²) < 4.78 is 39.7. The lowest BCUT2D eigenvalue weighted by molar-refractivity contribution is -0.137. The Bertz CT molecular complexity index is 1150. The van der Waals surface area contributed by atoms with Gasteiger partial charge in [-0.3, -0.25) is 9.69 Å². The molecule has 0 aromatic heterocycles. The van der Waals surface area contributed by atoms with Gasteiger partial charge in [-0.15, -0.1) is 0 Å². The lowest BCUT2D eigenvalue weighted by Crippen LogP contribution is -2.39. The molecule has 0 bridgehead atoms. The van der Waals surface area contributed by atoms with E-state index in [9.17, 15) is 18.0 Å². The Balaban J connectivity index is 1.59. The second-order valence-corrected chi connectivity index (χ2v) is 8.24. The molecule has 3 nitrogen and oxygen atoms in total. The molecule has 1 aliphatic heterocycles. The number of anilines is 1. The van der Waals surface area contributed by atoms with Crippen molar-refractivity contribution in [2.45, 2.75) is 18.6 Å². The fourth-order valence-corrected chi connectivity index (χ4v) is 4.25. The number of benzene rings is 3. The molecule has 1 N–H and O–H groups in total. The van der Waals surface area contributed by atoms with Crippen molar-refractivity contribution in [2.24, 2.45) is 0 Å². The van der Waals surface area contributed by atoms with Crippen molar-refractivity contribution >= 4 is 28.8 Å². The van der Waals surface area contributed by atoms with Crippen LogP contribution in [0.2, 0.25) is 5.02 Å². The van der Waals surface area contributed by atoms with Crippen LogP contribution in [0.3, 0.4) is 0 Å². The predicted octanol–water partition coefficient (Wildman–Crippen LogP) is 6.83. The van der Waals surface area contributed by atoms with E-state index in [0.29, 0.717) is 13.1 Å². The summed E-state index contributed by atoms with van der Waals surface area (Å²) >= 11 is 5.71. The molecular formula is C26H22ClF3N2O. The molecule has 1 atom stereocenters. The van der Waals surface area contributed by atoms with Crippen LogP contribution in [-0.2, 0) is 11.0 Å². The standard InChI is InChI=1S/C26H22ClF3N2O/c27-23-12-11-21(17-22(23)26(28,29)30)31-25(33)24(20-9-5-2-6-10-20)32-15-13-19(14-16-32)18-7-3-1-4-8-18/h1-13,17,24H,14-16H2,(H,31,33)/t24-/m1/s1. The normalized spacial score (nSPS) is 15.6. The topological polar surface area (TPSA) is 32.3 Å². The summed E-state index contributed by atoms with van der Waals surface area (Å²) in [5.41, 5.74) is 2.21. The molecule has 4 rings (SSSR count).